The third kappa shape index (κ3) is 4.42. The summed E-state index contributed by atoms with van der Waals surface area (Å²) in [6.07, 6.45) is 3.28. The highest BCUT2D eigenvalue weighted by atomic mass is 32.1. The van der Waals surface area contributed by atoms with Gasteiger partial charge in [-0.3, -0.25) is 10.4 Å². The van der Waals surface area contributed by atoms with E-state index in [0.717, 1.165) is 28.1 Å². The Hall–Kier alpha value is -2.38. The molecule has 0 radical (unpaired) electrons. The zero-order chi connectivity index (χ0) is 18.7. The molecule has 26 heavy (non-hydrogen) atoms. The number of nitrogens with one attached hydrogen (secondary N) is 1. The summed E-state index contributed by atoms with van der Waals surface area (Å²) in [5.74, 6) is 0.711. The van der Waals surface area contributed by atoms with Crippen LogP contribution < -0.4 is 5.43 Å². The van der Waals surface area contributed by atoms with Crippen LogP contribution >= 0.6 is 11.3 Å². The molecule has 0 aliphatic rings. The maximum Gasteiger partial charge on any atom is 0.158 e. The van der Waals surface area contributed by atoms with Crippen molar-refractivity contribution in [2.75, 3.05) is 19.5 Å². The standard InChI is InChI=1S/C19H24N6S/c1-19(2,3)16-9-15-17(20-12-21-18(15)26-16)24-22-10-13-7-6-8-14(23-13)11-25(4)5/h6-10,12H,11H2,1-5H3,(H,20,21,24)/b22-10+. The average molecular weight is 369 g/mol. The zero-order valence-electron chi connectivity index (χ0n) is 15.8. The van der Waals surface area contributed by atoms with Crippen LogP contribution in [-0.2, 0) is 12.0 Å². The molecule has 0 amide bonds. The van der Waals surface area contributed by atoms with Gasteiger partial charge in [0.25, 0.3) is 0 Å². The van der Waals surface area contributed by atoms with E-state index in [4.69, 9.17) is 0 Å². The van der Waals surface area contributed by atoms with E-state index in [1.807, 2.05) is 32.3 Å². The van der Waals surface area contributed by atoms with E-state index >= 15 is 0 Å². The summed E-state index contributed by atoms with van der Waals surface area (Å²) in [4.78, 5) is 17.6. The molecular formula is C19H24N6S. The lowest BCUT2D eigenvalue weighted by Crippen LogP contribution is -2.12. The first-order valence-corrected chi connectivity index (χ1v) is 9.29. The van der Waals surface area contributed by atoms with E-state index in [1.165, 1.54) is 4.88 Å². The highest BCUT2D eigenvalue weighted by Gasteiger charge is 2.18. The average Bonchev–Trinajstić information content (AvgIpc) is 3.00. The summed E-state index contributed by atoms with van der Waals surface area (Å²) in [5.41, 5.74) is 4.94. The summed E-state index contributed by atoms with van der Waals surface area (Å²) in [6, 6.07) is 8.08. The number of hydrazone groups is 1. The SMILES string of the molecule is CN(C)Cc1cccc(/C=N/Nc2ncnc3sc(C(C)(C)C)cc23)n1. The molecule has 0 aliphatic heterocycles. The molecule has 7 heteroatoms. The number of hydrogen-bond acceptors (Lipinski definition) is 7. The minimum absolute atomic E-state index is 0.0860. The molecule has 136 valence electrons. The lowest BCUT2D eigenvalue weighted by molar-refractivity contribution is 0.397. The van der Waals surface area contributed by atoms with Crippen molar-refractivity contribution in [2.45, 2.75) is 32.7 Å². The molecule has 0 spiro atoms. The topological polar surface area (TPSA) is 66.3 Å². The fourth-order valence-electron chi connectivity index (χ4n) is 2.46. The van der Waals surface area contributed by atoms with Crippen molar-refractivity contribution in [2.24, 2.45) is 5.10 Å². The zero-order valence-corrected chi connectivity index (χ0v) is 16.6. The predicted octanol–water partition coefficient (Wildman–Crippen LogP) is 3.89. The van der Waals surface area contributed by atoms with Gasteiger partial charge in [0.1, 0.15) is 11.2 Å². The molecule has 3 aromatic heterocycles. The van der Waals surface area contributed by atoms with Gasteiger partial charge in [0, 0.05) is 11.4 Å². The van der Waals surface area contributed by atoms with Gasteiger partial charge in [-0.2, -0.15) is 5.10 Å². The second-order valence-electron chi connectivity index (χ2n) is 7.46. The van der Waals surface area contributed by atoms with Crippen LogP contribution in [0.2, 0.25) is 0 Å². The third-order valence-electron chi connectivity index (χ3n) is 3.74. The second kappa shape index (κ2) is 7.47. The summed E-state index contributed by atoms with van der Waals surface area (Å²) < 4.78 is 0. The van der Waals surface area contributed by atoms with E-state index in [1.54, 1.807) is 23.9 Å². The highest BCUT2D eigenvalue weighted by Crippen LogP contribution is 2.35. The van der Waals surface area contributed by atoms with Crippen LogP contribution in [0.25, 0.3) is 10.2 Å². The fraction of sp³-hybridized carbons (Fsp3) is 0.368. The highest BCUT2D eigenvalue weighted by molar-refractivity contribution is 7.18. The minimum atomic E-state index is 0.0860. The molecule has 0 atom stereocenters. The number of thiophene rings is 1. The Labute approximate surface area is 158 Å². The van der Waals surface area contributed by atoms with Gasteiger partial charge in [0.15, 0.2) is 5.82 Å². The van der Waals surface area contributed by atoms with Crippen molar-refractivity contribution in [3.63, 3.8) is 0 Å². The van der Waals surface area contributed by atoms with E-state index in [2.05, 4.69) is 57.2 Å². The molecule has 3 aromatic rings. The van der Waals surface area contributed by atoms with Gasteiger partial charge in [0.05, 0.1) is 23.0 Å². The Morgan fingerprint density at radius 1 is 1.23 bits per heavy atom. The van der Waals surface area contributed by atoms with Crippen LogP contribution in [0.5, 0.6) is 0 Å². The monoisotopic (exact) mass is 368 g/mol. The van der Waals surface area contributed by atoms with Crippen LogP contribution in [0.3, 0.4) is 0 Å². The summed E-state index contributed by atoms with van der Waals surface area (Å²) >= 11 is 1.70. The Bertz CT molecular complexity index is 923. The number of nitrogens with zero attached hydrogens (tertiary/aromatic N) is 5. The predicted molar refractivity (Wildman–Crippen MR) is 109 cm³/mol. The Morgan fingerprint density at radius 2 is 2.04 bits per heavy atom. The van der Waals surface area contributed by atoms with E-state index in [0.29, 0.717) is 5.82 Å². The molecule has 0 aromatic carbocycles. The van der Waals surface area contributed by atoms with Crippen molar-refractivity contribution in [3.05, 3.63) is 46.9 Å². The Morgan fingerprint density at radius 3 is 2.77 bits per heavy atom. The molecule has 1 N–H and O–H groups in total. The molecule has 0 saturated carbocycles. The fourth-order valence-corrected chi connectivity index (χ4v) is 3.51. The number of rotatable bonds is 5. The van der Waals surface area contributed by atoms with Gasteiger partial charge in [-0.05, 0) is 37.7 Å². The molecule has 0 bridgehead atoms. The minimum Gasteiger partial charge on any atom is -0.304 e. The largest absolute Gasteiger partial charge is 0.304 e. The lowest BCUT2D eigenvalue weighted by Gasteiger charge is -2.14. The quantitative estimate of drug-likeness (QED) is 0.547. The van der Waals surface area contributed by atoms with Crippen molar-refractivity contribution in [1.29, 1.82) is 0 Å². The van der Waals surface area contributed by atoms with Crippen LogP contribution in [-0.4, -0.2) is 40.2 Å². The molecule has 3 rings (SSSR count). The number of pyridine rings is 1. The van der Waals surface area contributed by atoms with Crippen molar-refractivity contribution < 1.29 is 0 Å². The first kappa shape index (κ1) is 18.4. The van der Waals surface area contributed by atoms with Gasteiger partial charge in [-0.25, -0.2) is 9.97 Å². The van der Waals surface area contributed by atoms with E-state index < -0.39 is 0 Å². The molecule has 0 saturated heterocycles. The van der Waals surface area contributed by atoms with Gasteiger partial charge in [0.2, 0.25) is 0 Å². The summed E-state index contributed by atoms with van der Waals surface area (Å²) in [5, 5.41) is 5.31. The van der Waals surface area contributed by atoms with Crippen LogP contribution in [0.1, 0.15) is 37.0 Å². The number of aromatic nitrogens is 3. The maximum atomic E-state index is 4.58. The number of hydrogen-bond donors (Lipinski definition) is 1. The smallest absolute Gasteiger partial charge is 0.158 e. The van der Waals surface area contributed by atoms with Gasteiger partial charge in [-0.1, -0.05) is 26.8 Å². The summed E-state index contributed by atoms with van der Waals surface area (Å²) in [7, 11) is 4.05. The van der Waals surface area contributed by atoms with E-state index in [-0.39, 0.29) is 5.41 Å². The second-order valence-corrected chi connectivity index (χ2v) is 8.49. The number of anilines is 1. The van der Waals surface area contributed by atoms with Gasteiger partial charge < -0.3 is 4.90 Å². The van der Waals surface area contributed by atoms with Crippen LogP contribution in [0.4, 0.5) is 5.82 Å². The van der Waals surface area contributed by atoms with Gasteiger partial charge in [-0.15, -0.1) is 11.3 Å². The maximum absolute atomic E-state index is 4.58. The lowest BCUT2D eigenvalue weighted by atomic mass is 9.94. The molecule has 0 unspecified atom stereocenters. The van der Waals surface area contributed by atoms with Gasteiger partial charge >= 0.3 is 0 Å². The van der Waals surface area contributed by atoms with Crippen LogP contribution in [0, 0.1) is 0 Å². The Balaban J connectivity index is 1.79. The molecule has 6 nitrogen and oxygen atoms in total. The molecular weight excluding hydrogens is 344 g/mol. The first-order valence-electron chi connectivity index (χ1n) is 8.48. The number of fused-ring (bicyclic) bond motifs is 1. The first-order chi connectivity index (χ1) is 12.3. The third-order valence-corrected chi connectivity index (χ3v) is 5.21. The Kier molecular flexibility index (Phi) is 5.29. The van der Waals surface area contributed by atoms with E-state index in [9.17, 15) is 0 Å². The normalized spacial score (nSPS) is 12.4. The molecule has 3 heterocycles. The van der Waals surface area contributed by atoms with Crippen molar-refractivity contribution in [1.82, 2.24) is 19.9 Å². The molecule has 0 fully saturated rings. The van der Waals surface area contributed by atoms with Crippen molar-refractivity contribution in [3.8, 4) is 0 Å². The molecule has 0 aliphatic carbocycles. The van der Waals surface area contributed by atoms with Crippen molar-refractivity contribution >= 4 is 33.6 Å². The summed E-state index contributed by atoms with van der Waals surface area (Å²) in [6.45, 7) is 7.39. The van der Waals surface area contributed by atoms with Crippen LogP contribution in [0.15, 0.2) is 35.7 Å².